The van der Waals surface area contributed by atoms with Crippen molar-refractivity contribution in [3.05, 3.63) is 140 Å². The SMILES string of the molecule is c1ccc(-c2cc(-c3ccccc3)nc(-c3cc(-c4ccccn4)cc(-c4ccccn4)c3)c2)cc1. The van der Waals surface area contributed by atoms with E-state index in [0.29, 0.717) is 0 Å². The molecule has 3 aromatic heterocycles. The molecule has 0 N–H and O–H groups in total. The van der Waals surface area contributed by atoms with E-state index < -0.39 is 0 Å². The van der Waals surface area contributed by atoms with Gasteiger partial charge in [-0.05, 0) is 65.7 Å². The van der Waals surface area contributed by atoms with Gasteiger partial charge < -0.3 is 0 Å². The van der Waals surface area contributed by atoms with E-state index in [2.05, 4.69) is 76.7 Å². The lowest BCUT2D eigenvalue weighted by molar-refractivity contribution is 1.30. The third kappa shape index (κ3) is 4.55. The molecule has 0 spiro atoms. The van der Waals surface area contributed by atoms with Crippen LogP contribution in [0.4, 0.5) is 0 Å². The van der Waals surface area contributed by atoms with Gasteiger partial charge in [0.15, 0.2) is 0 Å². The van der Waals surface area contributed by atoms with Crippen LogP contribution >= 0.6 is 0 Å². The molecule has 0 saturated heterocycles. The van der Waals surface area contributed by atoms with Gasteiger partial charge in [0.1, 0.15) is 0 Å². The Balaban J connectivity index is 1.58. The highest BCUT2D eigenvalue weighted by Gasteiger charge is 2.13. The molecule has 170 valence electrons. The summed E-state index contributed by atoms with van der Waals surface area (Å²) in [6.07, 6.45) is 3.65. The summed E-state index contributed by atoms with van der Waals surface area (Å²) in [7, 11) is 0. The Morgan fingerprint density at radius 2 is 0.750 bits per heavy atom. The molecule has 0 unspecified atom stereocenters. The zero-order valence-corrected chi connectivity index (χ0v) is 19.6. The highest BCUT2D eigenvalue weighted by Crippen LogP contribution is 2.34. The summed E-state index contributed by atoms with van der Waals surface area (Å²) >= 11 is 0. The second-order valence-electron chi connectivity index (χ2n) is 8.59. The Kier molecular flexibility index (Phi) is 5.87. The van der Waals surface area contributed by atoms with Gasteiger partial charge in [-0.1, -0.05) is 72.8 Å². The van der Waals surface area contributed by atoms with Crippen LogP contribution in [0.1, 0.15) is 0 Å². The van der Waals surface area contributed by atoms with Gasteiger partial charge in [0, 0.05) is 34.6 Å². The van der Waals surface area contributed by atoms with E-state index in [-0.39, 0.29) is 0 Å². The van der Waals surface area contributed by atoms with Crippen LogP contribution in [0.5, 0.6) is 0 Å². The Bertz CT molecular complexity index is 1360. The Hall–Kier alpha value is -4.89. The minimum Gasteiger partial charge on any atom is -0.256 e. The van der Waals surface area contributed by atoms with Crippen molar-refractivity contribution in [2.45, 2.75) is 0 Å². The van der Waals surface area contributed by atoms with Crippen molar-refractivity contribution < 1.29 is 0 Å². The van der Waals surface area contributed by atoms with Gasteiger partial charge in [0.05, 0.1) is 22.8 Å². The van der Waals surface area contributed by atoms with Crippen molar-refractivity contribution in [3.8, 4) is 56.2 Å². The van der Waals surface area contributed by atoms with Gasteiger partial charge >= 0.3 is 0 Å². The zero-order valence-electron chi connectivity index (χ0n) is 19.6. The minimum absolute atomic E-state index is 0.908. The van der Waals surface area contributed by atoms with Crippen molar-refractivity contribution >= 4 is 0 Å². The van der Waals surface area contributed by atoms with Crippen molar-refractivity contribution in [2.24, 2.45) is 0 Å². The first kappa shape index (κ1) is 21.6. The Labute approximate surface area is 210 Å². The van der Waals surface area contributed by atoms with Crippen LogP contribution in [0.15, 0.2) is 140 Å². The van der Waals surface area contributed by atoms with Gasteiger partial charge in [0.25, 0.3) is 0 Å². The summed E-state index contributed by atoms with van der Waals surface area (Å²) in [5.74, 6) is 0. The molecule has 0 radical (unpaired) electrons. The third-order valence-electron chi connectivity index (χ3n) is 6.15. The number of rotatable bonds is 5. The van der Waals surface area contributed by atoms with E-state index in [1.807, 2.05) is 73.1 Å². The summed E-state index contributed by atoms with van der Waals surface area (Å²) in [4.78, 5) is 14.3. The quantitative estimate of drug-likeness (QED) is 0.260. The van der Waals surface area contributed by atoms with Crippen LogP contribution < -0.4 is 0 Å². The molecule has 0 bridgehead atoms. The molecule has 6 rings (SSSR count). The average molecular weight is 462 g/mol. The van der Waals surface area contributed by atoms with Crippen LogP contribution in [-0.2, 0) is 0 Å². The lowest BCUT2D eigenvalue weighted by Gasteiger charge is -2.13. The van der Waals surface area contributed by atoms with E-state index in [4.69, 9.17) is 4.98 Å². The summed E-state index contributed by atoms with van der Waals surface area (Å²) in [5.41, 5.74) is 10.1. The van der Waals surface area contributed by atoms with Crippen molar-refractivity contribution in [1.29, 1.82) is 0 Å². The molecule has 3 heteroatoms. The molecule has 6 aromatic rings. The number of hydrogen-bond donors (Lipinski definition) is 0. The molecule has 0 atom stereocenters. The van der Waals surface area contributed by atoms with Crippen LogP contribution in [0.3, 0.4) is 0 Å². The Morgan fingerprint density at radius 3 is 1.25 bits per heavy atom. The van der Waals surface area contributed by atoms with Gasteiger partial charge in [-0.25, -0.2) is 4.98 Å². The monoisotopic (exact) mass is 461 g/mol. The van der Waals surface area contributed by atoms with E-state index in [0.717, 1.165) is 56.2 Å². The fourth-order valence-corrected chi connectivity index (χ4v) is 4.37. The highest BCUT2D eigenvalue weighted by molar-refractivity contribution is 5.81. The lowest BCUT2D eigenvalue weighted by atomic mass is 9.96. The summed E-state index contributed by atoms with van der Waals surface area (Å²) < 4.78 is 0. The fourth-order valence-electron chi connectivity index (χ4n) is 4.37. The first-order valence-electron chi connectivity index (χ1n) is 11.9. The first-order valence-corrected chi connectivity index (χ1v) is 11.9. The van der Waals surface area contributed by atoms with E-state index in [1.54, 1.807) is 0 Å². The number of benzene rings is 3. The maximum absolute atomic E-state index is 5.13. The smallest absolute Gasteiger partial charge is 0.0716 e. The molecule has 3 aromatic carbocycles. The largest absolute Gasteiger partial charge is 0.256 e. The van der Waals surface area contributed by atoms with Gasteiger partial charge in [-0.2, -0.15) is 0 Å². The second-order valence-corrected chi connectivity index (χ2v) is 8.59. The van der Waals surface area contributed by atoms with Crippen molar-refractivity contribution in [2.75, 3.05) is 0 Å². The summed E-state index contributed by atoms with van der Waals surface area (Å²) in [6, 6.07) is 43.5. The number of nitrogens with zero attached hydrogens (tertiary/aromatic N) is 3. The molecule has 3 heterocycles. The molecular formula is C33H23N3. The van der Waals surface area contributed by atoms with Crippen LogP contribution in [0.2, 0.25) is 0 Å². The normalized spacial score (nSPS) is 10.8. The number of hydrogen-bond acceptors (Lipinski definition) is 3. The highest BCUT2D eigenvalue weighted by atomic mass is 14.7. The van der Waals surface area contributed by atoms with Gasteiger partial charge in [-0.15, -0.1) is 0 Å². The molecule has 0 aliphatic heterocycles. The standard InChI is InChI=1S/C33H23N3/c1-3-11-24(12-4-1)26-22-32(25-13-5-2-6-14-25)36-33(23-26)29-20-27(30-15-7-9-17-34-30)19-28(21-29)31-16-8-10-18-35-31/h1-23H. The number of aromatic nitrogens is 3. The van der Waals surface area contributed by atoms with Crippen LogP contribution in [-0.4, -0.2) is 15.0 Å². The lowest BCUT2D eigenvalue weighted by Crippen LogP contribution is -1.93. The van der Waals surface area contributed by atoms with Crippen molar-refractivity contribution in [3.63, 3.8) is 0 Å². The molecule has 3 nitrogen and oxygen atoms in total. The first-order chi connectivity index (χ1) is 17.8. The predicted octanol–water partition coefficient (Wildman–Crippen LogP) is 8.21. The molecule has 0 fully saturated rings. The van der Waals surface area contributed by atoms with Crippen LogP contribution in [0.25, 0.3) is 56.2 Å². The second kappa shape index (κ2) is 9.77. The van der Waals surface area contributed by atoms with E-state index in [1.165, 1.54) is 0 Å². The maximum Gasteiger partial charge on any atom is 0.0716 e. The molecule has 36 heavy (non-hydrogen) atoms. The topological polar surface area (TPSA) is 38.7 Å². The molecule has 0 aliphatic rings. The molecule has 0 amide bonds. The van der Waals surface area contributed by atoms with Crippen LogP contribution in [0, 0.1) is 0 Å². The van der Waals surface area contributed by atoms with Gasteiger partial charge in [-0.3, -0.25) is 9.97 Å². The predicted molar refractivity (Wildman–Crippen MR) is 147 cm³/mol. The summed E-state index contributed by atoms with van der Waals surface area (Å²) in [5, 5.41) is 0. The maximum atomic E-state index is 5.13. The van der Waals surface area contributed by atoms with Gasteiger partial charge in [0.2, 0.25) is 0 Å². The molecule has 0 saturated carbocycles. The summed E-state index contributed by atoms with van der Waals surface area (Å²) in [6.45, 7) is 0. The zero-order chi connectivity index (χ0) is 24.2. The minimum atomic E-state index is 0.908. The Morgan fingerprint density at radius 1 is 0.306 bits per heavy atom. The average Bonchev–Trinajstić information content (AvgIpc) is 2.98. The fraction of sp³-hybridized carbons (Fsp3) is 0. The van der Waals surface area contributed by atoms with E-state index in [9.17, 15) is 0 Å². The van der Waals surface area contributed by atoms with E-state index >= 15 is 0 Å². The van der Waals surface area contributed by atoms with Crippen molar-refractivity contribution in [1.82, 2.24) is 15.0 Å². The number of pyridine rings is 3. The third-order valence-corrected chi connectivity index (χ3v) is 6.15. The molecular weight excluding hydrogens is 438 g/mol. The molecule has 0 aliphatic carbocycles.